The Morgan fingerprint density at radius 1 is 1.26 bits per heavy atom. The van der Waals surface area contributed by atoms with Crippen molar-refractivity contribution >= 4 is 29.2 Å². The van der Waals surface area contributed by atoms with Gasteiger partial charge in [-0.3, -0.25) is 0 Å². The van der Waals surface area contributed by atoms with Crippen LogP contribution in [0.2, 0.25) is 5.02 Å². The predicted molar refractivity (Wildman–Crippen MR) is 77.1 cm³/mol. The second-order valence-corrected chi connectivity index (χ2v) is 4.37. The van der Waals surface area contributed by atoms with Crippen molar-refractivity contribution in [3.8, 4) is 0 Å². The SMILES string of the molecule is CC(C)N(N=O)C(N)=NC(N)=Nc1ccc(Cl)cc1. The average Bonchev–Trinajstić information content (AvgIpc) is 2.32. The standard InChI is InChI=1S/C11H15ClN6O/c1-7(2)18(17-19)11(14)16-10(13)15-9-5-3-8(12)4-6-9/h3-7H,1-2H3,(H4,13,14,15,16). The minimum Gasteiger partial charge on any atom is -0.368 e. The summed E-state index contributed by atoms with van der Waals surface area (Å²) in [7, 11) is 0. The number of nitroso groups, excluding NO2 is 1. The Bertz CT molecular complexity index is 496. The first-order valence-corrected chi connectivity index (χ1v) is 5.88. The fourth-order valence-electron chi connectivity index (χ4n) is 1.24. The zero-order valence-corrected chi connectivity index (χ0v) is 11.4. The van der Waals surface area contributed by atoms with Gasteiger partial charge in [-0.15, -0.1) is 4.91 Å². The molecule has 0 aliphatic rings. The molecule has 19 heavy (non-hydrogen) atoms. The van der Waals surface area contributed by atoms with Gasteiger partial charge in [0, 0.05) is 5.02 Å². The summed E-state index contributed by atoms with van der Waals surface area (Å²) < 4.78 is 0. The third-order valence-corrected chi connectivity index (χ3v) is 2.36. The van der Waals surface area contributed by atoms with Crippen LogP contribution in [0.1, 0.15) is 13.8 Å². The van der Waals surface area contributed by atoms with Crippen molar-refractivity contribution in [2.45, 2.75) is 19.9 Å². The number of aliphatic imine (C=N–C) groups is 2. The second-order valence-electron chi connectivity index (χ2n) is 3.94. The monoisotopic (exact) mass is 282 g/mol. The Kier molecular flexibility index (Phi) is 5.25. The van der Waals surface area contributed by atoms with E-state index in [-0.39, 0.29) is 18.0 Å². The maximum atomic E-state index is 10.6. The van der Waals surface area contributed by atoms with Crippen molar-refractivity contribution in [1.29, 1.82) is 0 Å². The Labute approximate surface area is 115 Å². The maximum Gasteiger partial charge on any atom is 0.223 e. The Hall–Kier alpha value is -2.15. The van der Waals surface area contributed by atoms with Crippen LogP contribution >= 0.6 is 11.6 Å². The molecule has 0 aliphatic heterocycles. The van der Waals surface area contributed by atoms with Gasteiger partial charge < -0.3 is 11.5 Å². The molecule has 0 aliphatic carbocycles. The average molecular weight is 283 g/mol. The molecule has 1 rings (SSSR count). The van der Waals surface area contributed by atoms with E-state index in [4.69, 9.17) is 23.1 Å². The van der Waals surface area contributed by atoms with Crippen molar-refractivity contribution in [3.63, 3.8) is 0 Å². The van der Waals surface area contributed by atoms with E-state index in [2.05, 4.69) is 15.3 Å². The van der Waals surface area contributed by atoms with Crippen LogP contribution in [0, 0.1) is 4.91 Å². The molecule has 0 spiro atoms. The molecule has 0 saturated carbocycles. The molecule has 102 valence electrons. The number of halogens is 1. The van der Waals surface area contributed by atoms with E-state index in [0.29, 0.717) is 10.7 Å². The first kappa shape index (κ1) is 14.9. The molecule has 0 radical (unpaired) electrons. The maximum absolute atomic E-state index is 10.6. The fourth-order valence-corrected chi connectivity index (χ4v) is 1.37. The summed E-state index contributed by atoms with van der Waals surface area (Å²) in [6.45, 7) is 3.49. The highest BCUT2D eigenvalue weighted by Gasteiger charge is 2.12. The van der Waals surface area contributed by atoms with Gasteiger partial charge in [0.05, 0.1) is 17.0 Å². The molecule has 7 nitrogen and oxygen atoms in total. The molecule has 0 saturated heterocycles. The molecule has 0 amide bonds. The van der Waals surface area contributed by atoms with Crippen LogP contribution in [0.5, 0.6) is 0 Å². The Morgan fingerprint density at radius 2 is 1.84 bits per heavy atom. The highest BCUT2D eigenvalue weighted by Crippen LogP contribution is 2.16. The van der Waals surface area contributed by atoms with Crippen LogP contribution in [-0.2, 0) is 0 Å². The lowest BCUT2D eigenvalue weighted by Gasteiger charge is -2.17. The number of rotatable bonds is 3. The van der Waals surface area contributed by atoms with Crippen molar-refractivity contribution < 1.29 is 0 Å². The van der Waals surface area contributed by atoms with Gasteiger partial charge in [0.15, 0.2) is 0 Å². The van der Waals surface area contributed by atoms with Crippen LogP contribution in [0.4, 0.5) is 5.69 Å². The smallest absolute Gasteiger partial charge is 0.223 e. The summed E-state index contributed by atoms with van der Waals surface area (Å²) in [5.41, 5.74) is 11.8. The van der Waals surface area contributed by atoms with Crippen molar-refractivity contribution in [3.05, 3.63) is 34.2 Å². The number of benzene rings is 1. The van der Waals surface area contributed by atoms with E-state index in [1.54, 1.807) is 38.1 Å². The molecule has 0 unspecified atom stereocenters. The highest BCUT2D eigenvalue weighted by atomic mass is 35.5. The predicted octanol–water partition coefficient (Wildman–Crippen LogP) is 1.99. The zero-order valence-electron chi connectivity index (χ0n) is 10.6. The summed E-state index contributed by atoms with van der Waals surface area (Å²) in [4.78, 5) is 18.4. The fraction of sp³-hybridized carbons (Fsp3) is 0.273. The lowest BCUT2D eigenvalue weighted by atomic mass is 10.3. The molecule has 0 fully saturated rings. The van der Waals surface area contributed by atoms with Gasteiger partial charge in [-0.1, -0.05) is 11.6 Å². The number of hydrogen-bond donors (Lipinski definition) is 2. The topological polar surface area (TPSA) is 109 Å². The van der Waals surface area contributed by atoms with Crippen LogP contribution in [-0.4, -0.2) is 23.0 Å². The Morgan fingerprint density at radius 3 is 2.32 bits per heavy atom. The Balaban J connectivity index is 2.90. The zero-order chi connectivity index (χ0) is 14.4. The molecule has 1 aromatic rings. The van der Waals surface area contributed by atoms with Gasteiger partial charge in [0.2, 0.25) is 11.9 Å². The van der Waals surface area contributed by atoms with Gasteiger partial charge in [0.25, 0.3) is 0 Å². The number of hydrogen-bond acceptors (Lipinski definition) is 3. The molecule has 8 heteroatoms. The third kappa shape index (κ3) is 4.55. The molecular formula is C11H15ClN6O. The van der Waals surface area contributed by atoms with Crippen LogP contribution in [0.3, 0.4) is 0 Å². The summed E-state index contributed by atoms with van der Waals surface area (Å²) in [5.74, 6) is -0.186. The number of nitrogens with two attached hydrogens (primary N) is 2. The summed E-state index contributed by atoms with van der Waals surface area (Å²) in [6, 6.07) is 6.49. The van der Waals surface area contributed by atoms with Gasteiger partial charge in [0.1, 0.15) is 0 Å². The van der Waals surface area contributed by atoms with E-state index in [9.17, 15) is 4.91 Å². The van der Waals surface area contributed by atoms with Crippen molar-refractivity contribution in [2.24, 2.45) is 26.7 Å². The molecule has 1 aromatic carbocycles. The van der Waals surface area contributed by atoms with E-state index < -0.39 is 0 Å². The van der Waals surface area contributed by atoms with Crippen LogP contribution in [0.25, 0.3) is 0 Å². The van der Waals surface area contributed by atoms with Crippen LogP contribution < -0.4 is 11.5 Å². The largest absolute Gasteiger partial charge is 0.368 e. The highest BCUT2D eigenvalue weighted by molar-refractivity contribution is 6.30. The summed E-state index contributed by atoms with van der Waals surface area (Å²) >= 11 is 5.75. The van der Waals surface area contributed by atoms with Gasteiger partial charge in [-0.2, -0.15) is 10.0 Å². The second kappa shape index (κ2) is 6.69. The van der Waals surface area contributed by atoms with Crippen LogP contribution in [0.15, 0.2) is 39.5 Å². The summed E-state index contributed by atoms with van der Waals surface area (Å²) in [5, 5.41) is 4.36. The van der Waals surface area contributed by atoms with Crippen molar-refractivity contribution in [1.82, 2.24) is 5.01 Å². The van der Waals surface area contributed by atoms with Gasteiger partial charge in [-0.25, -0.2) is 4.99 Å². The minimum absolute atomic E-state index is 0.0749. The number of nitrogens with zero attached hydrogens (tertiary/aromatic N) is 4. The van der Waals surface area contributed by atoms with Crippen molar-refractivity contribution in [2.75, 3.05) is 0 Å². The quantitative estimate of drug-likeness (QED) is 0.382. The molecule has 0 atom stereocenters. The van der Waals surface area contributed by atoms with Gasteiger partial charge >= 0.3 is 0 Å². The van der Waals surface area contributed by atoms with E-state index in [1.165, 1.54) is 0 Å². The first-order chi connectivity index (χ1) is 8.93. The first-order valence-electron chi connectivity index (χ1n) is 5.50. The van der Waals surface area contributed by atoms with E-state index in [0.717, 1.165) is 5.01 Å². The lowest BCUT2D eigenvalue weighted by molar-refractivity contribution is 0.360. The summed E-state index contributed by atoms with van der Waals surface area (Å²) in [6.07, 6.45) is 0. The molecule has 0 aromatic heterocycles. The molecule has 4 N–H and O–H groups in total. The molecule has 0 heterocycles. The number of guanidine groups is 2. The minimum atomic E-state index is -0.218. The molecule has 0 bridgehead atoms. The normalized spacial score (nSPS) is 12.6. The third-order valence-electron chi connectivity index (χ3n) is 2.11. The molecular weight excluding hydrogens is 268 g/mol. The lowest BCUT2D eigenvalue weighted by Crippen LogP contribution is -2.38. The van der Waals surface area contributed by atoms with Gasteiger partial charge in [-0.05, 0) is 38.1 Å². The van der Waals surface area contributed by atoms with E-state index >= 15 is 0 Å². The van der Waals surface area contributed by atoms with E-state index in [1.807, 2.05) is 0 Å².